The van der Waals surface area contributed by atoms with Crippen molar-refractivity contribution in [3.8, 4) is 0 Å². The largest absolute Gasteiger partial charge is 0.481 e. The fraction of sp³-hybridized carbons (Fsp3) is 0.722. The number of rotatable bonds is 8. The number of hydrogen-bond acceptors (Lipinski definition) is 6. The Kier molecular flexibility index (Phi) is 8.09. The molecule has 0 aromatic carbocycles. The summed E-state index contributed by atoms with van der Waals surface area (Å²) in [6, 6.07) is -0.729. The van der Waals surface area contributed by atoms with Crippen LogP contribution in [-0.2, 0) is 23.9 Å². The van der Waals surface area contributed by atoms with Crippen molar-refractivity contribution in [1.82, 2.24) is 0 Å². The third kappa shape index (κ3) is 5.29. The molecule has 0 aromatic rings. The van der Waals surface area contributed by atoms with Crippen LogP contribution in [-0.4, -0.2) is 42.3 Å². The number of carboxylic acids is 1. The van der Waals surface area contributed by atoms with Crippen LogP contribution in [0.1, 0.15) is 59.3 Å². The molecule has 142 valence electrons. The molecule has 1 fully saturated rings. The first-order valence-electron chi connectivity index (χ1n) is 8.81. The lowest BCUT2D eigenvalue weighted by atomic mass is 9.65. The van der Waals surface area contributed by atoms with Gasteiger partial charge in [0.15, 0.2) is 0 Å². The van der Waals surface area contributed by atoms with Gasteiger partial charge in [-0.25, -0.2) is 9.59 Å². The van der Waals surface area contributed by atoms with E-state index >= 15 is 0 Å². The highest BCUT2D eigenvalue weighted by atomic mass is 16.6. The third-order valence-corrected chi connectivity index (χ3v) is 4.83. The van der Waals surface area contributed by atoms with E-state index in [9.17, 15) is 19.5 Å². The molecule has 1 aliphatic rings. The van der Waals surface area contributed by atoms with Crippen molar-refractivity contribution in [3.63, 3.8) is 0 Å². The van der Waals surface area contributed by atoms with E-state index in [0.29, 0.717) is 18.4 Å². The van der Waals surface area contributed by atoms with Gasteiger partial charge in [-0.1, -0.05) is 19.3 Å². The van der Waals surface area contributed by atoms with Crippen molar-refractivity contribution in [1.29, 1.82) is 0 Å². The Morgan fingerprint density at radius 3 is 1.92 bits per heavy atom. The average Bonchev–Trinajstić information content (AvgIpc) is 2.55. The summed E-state index contributed by atoms with van der Waals surface area (Å²) in [5, 5.41) is 9.33. The smallest absolute Gasteiger partial charge is 0.345 e. The number of carboxylic acid groups (broad SMARTS) is 1. The summed E-state index contributed by atoms with van der Waals surface area (Å²) in [4.78, 5) is 35.9. The molecule has 1 saturated carbocycles. The molecule has 0 spiro atoms. The van der Waals surface area contributed by atoms with Gasteiger partial charge in [0.1, 0.15) is 5.57 Å². The van der Waals surface area contributed by atoms with Crippen LogP contribution in [0.15, 0.2) is 11.1 Å². The summed E-state index contributed by atoms with van der Waals surface area (Å²) < 4.78 is 9.95. The monoisotopic (exact) mass is 355 g/mol. The number of esters is 2. The Hall–Kier alpha value is -1.89. The lowest BCUT2D eigenvalue weighted by Gasteiger charge is -2.41. The van der Waals surface area contributed by atoms with Crippen molar-refractivity contribution < 1.29 is 29.0 Å². The Balaban J connectivity index is 3.30. The molecule has 7 heteroatoms. The van der Waals surface area contributed by atoms with E-state index in [-0.39, 0.29) is 25.2 Å². The Morgan fingerprint density at radius 1 is 1.04 bits per heavy atom. The van der Waals surface area contributed by atoms with E-state index < -0.39 is 29.4 Å². The first kappa shape index (κ1) is 21.2. The molecule has 1 aliphatic carbocycles. The van der Waals surface area contributed by atoms with Crippen LogP contribution in [0.5, 0.6) is 0 Å². The molecule has 0 aliphatic heterocycles. The second-order valence-electron chi connectivity index (χ2n) is 6.47. The SMILES string of the molecule is CCOC(=O)C(C(=O)OCC)=C(C)C(N)C1(CC(=O)O)CCCCC1. The highest BCUT2D eigenvalue weighted by Gasteiger charge is 2.42. The van der Waals surface area contributed by atoms with E-state index in [4.69, 9.17) is 15.2 Å². The minimum Gasteiger partial charge on any atom is -0.481 e. The molecule has 1 atom stereocenters. The molecular weight excluding hydrogens is 326 g/mol. The van der Waals surface area contributed by atoms with Crippen LogP contribution in [0.25, 0.3) is 0 Å². The van der Waals surface area contributed by atoms with Gasteiger partial charge in [-0.2, -0.15) is 0 Å². The zero-order valence-corrected chi connectivity index (χ0v) is 15.3. The Bertz CT molecular complexity index is 514. The molecule has 1 unspecified atom stereocenters. The zero-order chi connectivity index (χ0) is 19.0. The van der Waals surface area contributed by atoms with Crippen molar-refractivity contribution >= 4 is 17.9 Å². The minimum atomic E-state index is -0.932. The van der Waals surface area contributed by atoms with E-state index in [1.807, 2.05) is 0 Å². The predicted octanol–water partition coefficient (Wildman–Crippen LogP) is 2.18. The molecule has 0 bridgehead atoms. The van der Waals surface area contributed by atoms with Crippen LogP contribution in [0, 0.1) is 5.41 Å². The lowest BCUT2D eigenvalue weighted by Crippen LogP contribution is -2.46. The average molecular weight is 355 g/mol. The number of carbonyl (C=O) groups excluding carboxylic acids is 2. The molecule has 0 amide bonds. The summed E-state index contributed by atoms with van der Waals surface area (Å²) in [6.07, 6.45) is 3.99. The molecule has 3 N–H and O–H groups in total. The van der Waals surface area contributed by atoms with Crippen molar-refractivity contribution in [2.75, 3.05) is 13.2 Å². The second-order valence-corrected chi connectivity index (χ2v) is 6.47. The molecular formula is C18H29NO6. The van der Waals surface area contributed by atoms with E-state index in [0.717, 1.165) is 19.3 Å². The van der Waals surface area contributed by atoms with Crippen LogP contribution in [0.2, 0.25) is 0 Å². The topological polar surface area (TPSA) is 116 Å². The molecule has 0 heterocycles. The fourth-order valence-electron chi connectivity index (χ4n) is 3.58. The maximum absolute atomic E-state index is 12.3. The van der Waals surface area contributed by atoms with Crippen molar-refractivity contribution in [3.05, 3.63) is 11.1 Å². The standard InChI is InChI=1S/C18H29NO6/c1-4-24-16(22)14(17(23)25-5-2)12(3)15(19)18(11-13(20)21)9-7-6-8-10-18/h15H,4-11,19H2,1-3H3,(H,20,21). The molecule has 25 heavy (non-hydrogen) atoms. The summed E-state index contributed by atoms with van der Waals surface area (Å²) in [5.74, 6) is -2.50. The minimum absolute atomic E-state index is 0.0928. The quantitative estimate of drug-likeness (QED) is 0.297. The first-order chi connectivity index (χ1) is 11.8. The van der Waals surface area contributed by atoms with Gasteiger partial charge in [0.05, 0.1) is 19.6 Å². The maximum Gasteiger partial charge on any atom is 0.345 e. The summed E-state index contributed by atoms with van der Waals surface area (Å²) >= 11 is 0. The second kappa shape index (κ2) is 9.56. The lowest BCUT2D eigenvalue weighted by molar-refractivity contribution is -0.146. The van der Waals surface area contributed by atoms with Gasteiger partial charge in [0.25, 0.3) is 0 Å². The number of carbonyl (C=O) groups is 3. The normalized spacial score (nSPS) is 17.3. The number of nitrogens with two attached hydrogens (primary N) is 1. The van der Waals surface area contributed by atoms with Crippen LogP contribution >= 0.6 is 0 Å². The number of ether oxygens (including phenoxy) is 2. The van der Waals surface area contributed by atoms with Gasteiger partial charge in [0.2, 0.25) is 0 Å². The van der Waals surface area contributed by atoms with Crippen molar-refractivity contribution in [2.45, 2.75) is 65.3 Å². The van der Waals surface area contributed by atoms with Crippen molar-refractivity contribution in [2.24, 2.45) is 11.1 Å². The summed E-state index contributed by atoms with van der Waals surface area (Å²) in [7, 11) is 0. The number of hydrogen-bond donors (Lipinski definition) is 2. The highest BCUT2D eigenvalue weighted by Crippen LogP contribution is 2.44. The van der Waals surface area contributed by atoms with Gasteiger partial charge < -0.3 is 20.3 Å². The Labute approximate surface area is 148 Å². The molecule has 7 nitrogen and oxygen atoms in total. The van der Waals surface area contributed by atoms with Gasteiger partial charge in [-0.3, -0.25) is 4.79 Å². The van der Waals surface area contributed by atoms with Gasteiger partial charge >= 0.3 is 17.9 Å². The van der Waals surface area contributed by atoms with Gasteiger partial charge in [0, 0.05) is 6.04 Å². The molecule has 1 rings (SSSR count). The number of aliphatic carboxylic acids is 1. The molecule has 0 aromatic heterocycles. The van der Waals surface area contributed by atoms with Crippen LogP contribution in [0.4, 0.5) is 0 Å². The maximum atomic E-state index is 12.3. The summed E-state index contributed by atoms with van der Waals surface area (Å²) in [5.41, 5.74) is 5.86. The van der Waals surface area contributed by atoms with E-state index in [1.54, 1.807) is 20.8 Å². The fourth-order valence-corrected chi connectivity index (χ4v) is 3.58. The third-order valence-electron chi connectivity index (χ3n) is 4.83. The highest BCUT2D eigenvalue weighted by molar-refractivity contribution is 6.14. The van der Waals surface area contributed by atoms with E-state index in [1.165, 1.54) is 0 Å². The van der Waals surface area contributed by atoms with Crippen LogP contribution < -0.4 is 5.73 Å². The molecule has 0 saturated heterocycles. The van der Waals surface area contributed by atoms with Crippen LogP contribution in [0.3, 0.4) is 0 Å². The predicted molar refractivity (Wildman–Crippen MR) is 91.7 cm³/mol. The summed E-state index contributed by atoms with van der Waals surface area (Å²) in [6.45, 7) is 5.10. The van der Waals surface area contributed by atoms with Gasteiger partial charge in [-0.15, -0.1) is 0 Å². The molecule has 0 radical (unpaired) electrons. The van der Waals surface area contributed by atoms with E-state index in [2.05, 4.69) is 0 Å². The van der Waals surface area contributed by atoms with Gasteiger partial charge in [-0.05, 0) is 44.6 Å². The zero-order valence-electron chi connectivity index (χ0n) is 15.3. The first-order valence-corrected chi connectivity index (χ1v) is 8.81. The Morgan fingerprint density at radius 2 is 1.52 bits per heavy atom.